The Balaban J connectivity index is 1.76. The Kier molecular flexibility index (Phi) is 6.03. The zero-order chi connectivity index (χ0) is 23.0. The first-order valence-electron chi connectivity index (χ1n) is 10.5. The van der Waals surface area contributed by atoms with Gasteiger partial charge in [0, 0.05) is 13.7 Å². The van der Waals surface area contributed by atoms with E-state index in [0.29, 0.717) is 35.9 Å². The molecule has 9 heteroatoms. The third kappa shape index (κ3) is 3.89. The maximum atomic E-state index is 14.4. The van der Waals surface area contributed by atoms with Crippen molar-refractivity contribution in [3.63, 3.8) is 0 Å². The fourth-order valence-electron chi connectivity index (χ4n) is 4.12. The average molecular weight is 440 g/mol. The van der Waals surface area contributed by atoms with E-state index in [1.54, 1.807) is 12.1 Å². The van der Waals surface area contributed by atoms with Crippen molar-refractivity contribution in [1.82, 2.24) is 20.3 Å². The number of benzene rings is 2. The van der Waals surface area contributed by atoms with Gasteiger partial charge in [0.05, 0.1) is 29.7 Å². The molecule has 0 spiro atoms. The van der Waals surface area contributed by atoms with Crippen LogP contribution in [0.2, 0.25) is 0 Å². The predicted molar refractivity (Wildman–Crippen MR) is 116 cm³/mol. The number of carbonyl (C=O) groups excluding carboxylic acids is 1. The van der Waals surface area contributed by atoms with E-state index >= 15 is 0 Å². The van der Waals surface area contributed by atoms with Gasteiger partial charge in [0.15, 0.2) is 0 Å². The number of nitrogens with one attached hydrogen (secondary N) is 1. The average Bonchev–Trinajstić information content (AvgIpc) is 2.78. The summed E-state index contributed by atoms with van der Waals surface area (Å²) in [6, 6.07) is 5.77. The summed E-state index contributed by atoms with van der Waals surface area (Å²) >= 11 is 0. The van der Waals surface area contributed by atoms with Crippen LogP contribution < -0.4 is 10.9 Å². The Morgan fingerprint density at radius 1 is 1.31 bits per heavy atom. The molecule has 4 rings (SSSR count). The predicted octanol–water partition coefficient (Wildman–Crippen LogP) is 1.82. The molecule has 3 aromatic rings. The zero-order valence-electron chi connectivity index (χ0n) is 18.2. The first kappa shape index (κ1) is 22.0. The zero-order valence-corrected chi connectivity index (χ0v) is 18.2. The molecule has 0 radical (unpaired) electrons. The molecule has 32 heavy (non-hydrogen) atoms. The number of nitrogens with zero attached hydrogens (tertiary/aromatic N) is 3. The molecule has 2 N–H and O–H groups in total. The summed E-state index contributed by atoms with van der Waals surface area (Å²) < 4.78 is 20.9. The topological polar surface area (TPSA) is 106 Å². The van der Waals surface area contributed by atoms with Crippen molar-refractivity contribution < 1.29 is 19.0 Å². The van der Waals surface area contributed by atoms with Crippen LogP contribution in [0.15, 0.2) is 29.1 Å². The molecule has 1 aliphatic rings. The lowest BCUT2D eigenvalue weighted by Crippen LogP contribution is -2.40. The van der Waals surface area contributed by atoms with Crippen LogP contribution in [0.3, 0.4) is 0 Å². The Morgan fingerprint density at radius 3 is 2.78 bits per heavy atom. The van der Waals surface area contributed by atoms with Crippen molar-refractivity contribution in [3.05, 3.63) is 68.3 Å². The highest BCUT2D eigenvalue weighted by atomic mass is 19.1. The van der Waals surface area contributed by atoms with Gasteiger partial charge >= 0.3 is 0 Å². The van der Waals surface area contributed by atoms with Gasteiger partial charge in [0.25, 0.3) is 11.5 Å². The molecule has 0 aliphatic carbocycles. The van der Waals surface area contributed by atoms with E-state index in [1.165, 1.54) is 23.9 Å². The number of amides is 1. The van der Waals surface area contributed by atoms with E-state index in [-0.39, 0.29) is 17.7 Å². The molecule has 2 heterocycles. The number of halogens is 1. The largest absolute Gasteiger partial charge is 0.388 e. The number of aryl methyl sites for hydroxylation is 1. The minimum atomic E-state index is -0.832. The monoisotopic (exact) mass is 440 g/mol. The maximum Gasteiger partial charge on any atom is 0.277 e. The van der Waals surface area contributed by atoms with E-state index in [9.17, 15) is 19.1 Å². The summed E-state index contributed by atoms with van der Waals surface area (Å²) in [5.41, 5.74) is 3.46. The van der Waals surface area contributed by atoms with Gasteiger partial charge in [-0.3, -0.25) is 9.59 Å². The van der Waals surface area contributed by atoms with Crippen LogP contribution in [-0.2, 0) is 11.2 Å². The lowest BCUT2D eigenvalue weighted by Gasteiger charge is -2.28. The van der Waals surface area contributed by atoms with Gasteiger partial charge in [-0.25, -0.2) is 9.07 Å². The molecule has 1 aliphatic heterocycles. The molecule has 1 amide bonds. The minimum absolute atomic E-state index is 0.0177. The van der Waals surface area contributed by atoms with Gasteiger partial charge in [-0.1, -0.05) is 11.3 Å². The second-order valence-corrected chi connectivity index (χ2v) is 8.09. The summed E-state index contributed by atoms with van der Waals surface area (Å²) in [4.78, 5) is 25.0. The molecular weight excluding hydrogens is 415 g/mol. The number of fused-ring (bicyclic) bond motifs is 1. The van der Waals surface area contributed by atoms with Gasteiger partial charge < -0.3 is 15.2 Å². The number of hydrogen-bond donors (Lipinski definition) is 2. The molecule has 1 fully saturated rings. The van der Waals surface area contributed by atoms with Gasteiger partial charge in [-0.2, -0.15) is 0 Å². The van der Waals surface area contributed by atoms with Gasteiger partial charge in [0.1, 0.15) is 11.3 Å². The summed E-state index contributed by atoms with van der Waals surface area (Å²) in [5, 5.41) is 21.4. The standard InChI is InChI=1S/C23H25FN4O4/c1-12-13(2)21-17(23(31)28(27-26-21)19-6-7-32-11-20(19)29)10-15(12)8-14-4-5-16(18(24)9-14)22(30)25-3/h4-5,9-10,19-20,29H,6-8,11H2,1-3H3,(H,25,30)/t19-,20-/m0/s1. The maximum absolute atomic E-state index is 14.4. The molecule has 2 aromatic carbocycles. The molecular formula is C23H25FN4O4. The fourth-order valence-corrected chi connectivity index (χ4v) is 4.12. The molecule has 0 bridgehead atoms. The van der Waals surface area contributed by atoms with E-state index in [0.717, 1.165) is 16.7 Å². The molecule has 1 saturated heterocycles. The second-order valence-electron chi connectivity index (χ2n) is 8.09. The number of aromatic nitrogens is 3. The fraction of sp³-hybridized carbons (Fsp3) is 0.391. The Hall–Kier alpha value is -3.17. The van der Waals surface area contributed by atoms with Crippen LogP contribution in [0.25, 0.3) is 10.9 Å². The summed E-state index contributed by atoms with van der Waals surface area (Å²) in [5.74, 6) is -1.08. The SMILES string of the molecule is CNC(=O)c1ccc(Cc2cc3c(=O)n([C@H]4CCOC[C@@H]4O)nnc3c(C)c2C)cc1F. The number of carbonyl (C=O) groups is 1. The van der Waals surface area contributed by atoms with Crippen molar-refractivity contribution >= 4 is 16.8 Å². The first-order chi connectivity index (χ1) is 15.3. The Morgan fingerprint density at radius 2 is 2.09 bits per heavy atom. The first-order valence-corrected chi connectivity index (χ1v) is 10.5. The summed E-state index contributed by atoms with van der Waals surface area (Å²) in [6.07, 6.45) is 0.0199. The molecule has 2 atom stereocenters. The van der Waals surface area contributed by atoms with Crippen molar-refractivity contribution in [3.8, 4) is 0 Å². The van der Waals surface area contributed by atoms with Crippen LogP contribution in [0.4, 0.5) is 4.39 Å². The van der Waals surface area contributed by atoms with Crippen LogP contribution in [0, 0.1) is 19.7 Å². The van der Waals surface area contributed by atoms with E-state index in [2.05, 4.69) is 15.6 Å². The van der Waals surface area contributed by atoms with Crippen LogP contribution in [-0.4, -0.2) is 52.4 Å². The Bertz CT molecular complexity index is 1260. The van der Waals surface area contributed by atoms with Crippen molar-refractivity contribution in [2.24, 2.45) is 0 Å². The molecule has 8 nitrogen and oxygen atoms in total. The molecule has 1 aromatic heterocycles. The smallest absolute Gasteiger partial charge is 0.277 e. The third-order valence-corrected chi connectivity index (χ3v) is 6.16. The van der Waals surface area contributed by atoms with E-state index in [1.807, 2.05) is 13.8 Å². The van der Waals surface area contributed by atoms with Crippen LogP contribution in [0.1, 0.15) is 45.1 Å². The lowest BCUT2D eigenvalue weighted by molar-refractivity contribution is -0.0434. The highest BCUT2D eigenvalue weighted by Gasteiger charge is 2.28. The number of aliphatic hydroxyl groups is 1. The lowest BCUT2D eigenvalue weighted by atomic mass is 9.94. The second kappa shape index (κ2) is 8.76. The van der Waals surface area contributed by atoms with Gasteiger partial charge in [-0.05, 0) is 67.1 Å². The molecule has 168 valence electrons. The van der Waals surface area contributed by atoms with Crippen LogP contribution >= 0.6 is 0 Å². The number of hydrogen-bond acceptors (Lipinski definition) is 6. The number of ether oxygens (including phenoxy) is 1. The van der Waals surface area contributed by atoms with Crippen LogP contribution in [0.5, 0.6) is 0 Å². The number of aliphatic hydroxyl groups excluding tert-OH is 1. The quantitative estimate of drug-likeness (QED) is 0.641. The van der Waals surface area contributed by atoms with Gasteiger partial charge in [-0.15, -0.1) is 5.10 Å². The number of rotatable bonds is 4. The highest BCUT2D eigenvalue weighted by Crippen LogP contribution is 2.25. The molecule has 0 saturated carbocycles. The summed E-state index contributed by atoms with van der Waals surface area (Å²) in [6.45, 7) is 4.38. The minimum Gasteiger partial charge on any atom is -0.388 e. The van der Waals surface area contributed by atoms with Crippen molar-refractivity contribution in [2.45, 2.75) is 38.8 Å². The highest BCUT2D eigenvalue weighted by molar-refractivity contribution is 5.94. The van der Waals surface area contributed by atoms with Crippen molar-refractivity contribution in [2.75, 3.05) is 20.3 Å². The molecule has 0 unspecified atom stereocenters. The Labute approximate surface area is 184 Å². The van der Waals surface area contributed by atoms with E-state index < -0.39 is 23.9 Å². The summed E-state index contributed by atoms with van der Waals surface area (Å²) in [7, 11) is 1.45. The van der Waals surface area contributed by atoms with Gasteiger partial charge in [0.2, 0.25) is 0 Å². The van der Waals surface area contributed by atoms with Crippen molar-refractivity contribution in [1.29, 1.82) is 0 Å². The third-order valence-electron chi connectivity index (χ3n) is 6.16. The van der Waals surface area contributed by atoms with E-state index in [4.69, 9.17) is 4.74 Å². The normalized spacial score (nSPS) is 18.7.